The Morgan fingerprint density at radius 1 is 0.769 bits per heavy atom. The van der Waals surface area contributed by atoms with Crippen molar-refractivity contribution < 1.29 is 71.3 Å². The first kappa shape index (κ1) is 38.9. The molecule has 4 rings (SSSR count). The molecular weight excluding hydrogens is 688 g/mol. The predicted molar refractivity (Wildman–Crippen MR) is 177 cm³/mol. The van der Waals surface area contributed by atoms with Crippen molar-refractivity contribution >= 4 is 40.6 Å². The second kappa shape index (κ2) is 17.4. The fourth-order valence-corrected chi connectivity index (χ4v) is 5.46. The average molecular weight is 727 g/mol. The van der Waals surface area contributed by atoms with Crippen molar-refractivity contribution in [2.24, 2.45) is 0 Å². The third kappa shape index (κ3) is 8.89. The van der Waals surface area contributed by atoms with E-state index in [1.807, 2.05) is 0 Å². The third-order valence-corrected chi connectivity index (χ3v) is 7.55. The quantitative estimate of drug-likeness (QED) is 0.116. The lowest BCUT2D eigenvalue weighted by Gasteiger charge is -2.43. The highest BCUT2D eigenvalue weighted by atomic mass is 16.7. The van der Waals surface area contributed by atoms with E-state index in [0.717, 1.165) is 20.8 Å². The Hall–Kier alpha value is -5.86. The van der Waals surface area contributed by atoms with Crippen LogP contribution in [0.15, 0.2) is 24.3 Å². The van der Waals surface area contributed by atoms with Crippen LogP contribution in [0.5, 0.6) is 23.0 Å². The third-order valence-electron chi connectivity index (χ3n) is 7.55. The number of carbonyl (C=O) groups is 5. The lowest BCUT2D eigenvalue weighted by Crippen LogP contribution is -2.63. The highest BCUT2D eigenvalue weighted by molar-refractivity contribution is 6.16. The van der Waals surface area contributed by atoms with E-state index in [9.17, 15) is 24.0 Å². The van der Waals surface area contributed by atoms with Gasteiger partial charge in [0.05, 0.1) is 39.5 Å². The molecule has 52 heavy (non-hydrogen) atoms. The van der Waals surface area contributed by atoms with Crippen LogP contribution >= 0.6 is 0 Å². The van der Waals surface area contributed by atoms with Crippen molar-refractivity contribution in [2.45, 2.75) is 58.4 Å². The fraction of sp³-hybridized carbons (Fsp3) is 0.429. The van der Waals surface area contributed by atoms with E-state index in [-0.39, 0.29) is 29.4 Å². The maximum Gasteiger partial charge on any atom is 0.303 e. The molecule has 17 nitrogen and oxygen atoms in total. The Morgan fingerprint density at radius 2 is 1.37 bits per heavy atom. The molecule has 17 heteroatoms. The number of H-pyrrole nitrogens is 1. The van der Waals surface area contributed by atoms with E-state index in [0.29, 0.717) is 28.0 Å². The molecule has 278 valence electrons. The molecule has 2 heterocycles. The first-order valence-electron chi connectivity index (χ1n) is 15.6. The number of ketones is 1. The molecule has 1 aliphatic heterocycles. The minimum Gasteiger partial charge on any atom is -0.495 e. The number of carbonyl (C=O) groups excluding carboxylic acids is 5. The van der Waals surface area contributed by atoms with Crippen LogP contribution in [0.25, 0.3) is 10.9 Å². The van der Waals surface area contributed by atoms with Crippen LogP contribution in [-0.4, -0.2) is 112 Å². The number of esters is 4. The van der Waals surface area contributed by atoms with Gasteiger partial charge < -0.3 is 47.4 Å². The number of ether oxygens (including phenoxy) is 10. The highest BCUT2D eigenvalue weighted by Gasteiger charge is 2.52. The lowest BCUT2D eigenvalue weighted by molar-refractivity contribution is -0.305. The van der Waals surface area contributed by atoms with Crippen LogP contribution in [0.4, 0.5) is 0 Å². The first-order chi connectivity index (χ1) is 24.8. The first-order valence-corrected chi connectivity index (χ1v) is 15.6. The number of benzene rings is 2. The average Bonchev–Trinajstić information content (AvgIpc) is 3.54. The molecule has 2 aromatic carbocycles. The molecule has 1 N–H and O–H groups in total. The number of rotatable bonds is 13. The lowest BCUT2D eigenvalue weighted by atomic mass is 9.98. The second-order valence-corrected chi connectivity index (χ2v) is 11.1. The smallest absolute Gasteiger partial charge is 0.303 e. The molecule has 1 saturated heterocycles. The van der Waals surface area contributed by atoms with Crippen molar-refractivity contribution in [1.29, 1.82) is 0 Å². The maximum atomic E-state index is 13.7. The maximum absolute atomic E-state index is 13.7. The fourth-order valence-electron chi connectivity index (χ4n) is 5.46. The monoisotopic (exact) mass is 726 g/mol. The molecular formula is C35H38N2O15. The summed E-state index contributed by atoms with van der Waals surface area (Å²) in [7, 11) is 5.77. The van der Waals surface area contributed by atoms with Gasteiger partial charge in [-0.2, -0.15) is 5.10 Å². The van der Waals surface area contributed by atoms with Gasteiger partial charge in [-0.1, -0.05) is 11.8 Å². The van der Waals surface area contributed by atoms with Gasteiger partial charge >= 0.3 is 23.9 Å². The van der Waals surface area contributed by atoms with Gasteiger partial charge in [-0.25, -0.2) is 0 Å². The summed E-state index contributed by atoms with van der Waals surface area (Å²) in [5.41, 5.74) is 1.03. The SMILES string of the molecule is COc1cc(C(=O)c2n[nH]c3c(C#CCO[C@@H]4OC(COC(C)=O)[C@@H](OC(C)=O)C(OC(C)=O)[C@@H]4OC(C)=O)c(OC)ccc23)cc(OC)c1OC. The van der Waals surface area contributed by atoms with Crippen molar-refractivity contribution in [1.82, 2.24) is 10.2 Å². The zero-order chi connectivity index (χ0) is 38.1. The minimum atomic E-state index is -1.43. The van der Waals surface area contributed by atoms with Gasteiger partial charge in [-0.05, 0) is 24.3 Å². The Morgan fingerprint density at radius 3 is 1.92 bits per heavy atom. The topological polar surface area (TPSA) is 206 Å². The van der Waals surface area contributed by atoms with Crippen LogP contribution in [0, 0.1) is 11.8 Å². The summed E-state index contributed by atoms with van der Waals surface area (Å²) in [4.78, 5) is 61.5. The van der Waals surface area contributed by atoms with Crippen molar-refractivity contribution in [3.63, 3.8) is 0 Å². The summed E-state index contributed by atoms with van der Waals surface area (Å²) in [6, 6.07) is 6.30. The number of hydrogen-bond acceptors (Lipinski definition) is 16. The summed E-state index contributed by atoms with van der Waals surface area (Å²) < 4.78 is 54.8. The van der Waals surface area contributed by atoms with E-state index >= 15 is 0 Å². The molecule has 5 atom stereocenters. The van der Waals surface area contributed by atoms with Crippen LogP contribution in [0.1, 0.15) is 49.3 Å². The molecule has 0 amide bonds. The number of hydrogen-bond donors (Lipinski definition) is 1. The van der Waals surface area contributed by atoms with Gasteiger partial charge in [0.25, 0.3) is 0 Å². The predicted octanol–water partition coefficient (Wildman–Crippen LogP) is 2.28. The number of nitrogens with one attached hydrogen (secondary N) is 1. The van der Waals surface area contributed by atoms with Gasteiger partial charge in [0, 0.05) is 38.6 Å². The molecule has 1 fully saturated rings. The van der Waals surface area contributed by atoms with E-state index in [1.165, 1.54) is 47.5 Å². The molecule has 0 saturated carbocycles. The van der Waals surface area contributed by atoms with E-state index in [4.69, 9.17) is 47.4 Å². The summed E-state index contributed by atoms with van der Waals surface area (Å²) in [5, 5.41) is 7.57. The van der Waals surface area contributed by atoms with Gasteiger partial charge in [0.1, 0.15) is 30.8 Å². The largest absolute Gasteiger partial charge is 0.495 e. The summed E-state index contributed by atoms with van der Waals surface area (Å²) in [6.07, 6.45) is -6.78. The Kier molecular flexibility index (Phi) is 13.0. The normalized spacial score (nSPS) is 19.3. The molecule has 1 aliphatic rings. The van der Waals surface area contributed by atoms with Gasteiger partial charge in [0.2, 0.25) is 11.5 Å². The molecule has 1 aromatic heterocycles. The van der Waals surface area contributed by atoms with Crippen molar-refractivity contribution in [3.05, 3.63) is 41.1 Å². The van der Waals surface area contributed by atoms with Gasteiger partial charge in [-0.15, -0.1) is 0 Å². The highest BCUT2D eigenvalue weighted by Crippen LogP contribution is 2.39. The second-order valence-electron chi connectivity index (χ2n) is 11.1. The number of methoxy groups -OCH3 is 4. The molecule has 0 bridgehead atoms. The Balaban J connectivity index is 1.66. The van der Waals surface area contributed by atoms with Crippen LogP contribution in [0.2, 0.25) is 0 Å². The summed E-state index contributed by atoms with van der Waals surface area (Å²) in [6.45, 7) is 3.75. The van der Waals surface area contributed by atoms with Crippen LogP contribution in [0.3, 0.4) is 0 Å². The van der Waals surface area contributed by atoms with Crippen molar-refractivity contribution in [3.8, 4) is 34.8 Å². The Bertz CT molecular complexity index is 1870. The van der Waals surface area contributed by atoms with Crippen LogP contribution in [-0.2, 0) is 47.6 Å². The number of aromatic nitrogens is 2. The number of fused-ring (bicyclic) bond motifs is 1. The van der Waals surface area contributed by atoms with Gasteiger partial charge in [-0.3, -0.25) is 29.1 Å². The van der Waals surface area contributed by atoms with Crippen LogP contribution < -0.4 is 18.9 Å². The molecule has 2 unspecified atom stereocenters. The summed E-state index contributed by atoms with van der Waals surface area (Å²) in [5.74, 6) is 3.60. The number of aromatic amines is 1. The van der Waals surface area contributed by atoms with Crippen molar-refractivity contribution in [2.75, 3.05) is 41.7 Å². The van der Waals surface area contributed by atoms with E-state index < -0.39 is 67.0 Å². The minimum absolute atomic E-state index is 0.0868. The molecule has 0 spiro atoms. The Labute approximate surface area is 298 Å². The van der Waals surface area contributed by atoms with E-state index in [2.05, 4.69) is 22.0 Å². The summed E-state index contributed by atoms with van der Waals surface area (Å²) >= 11 is 0. The molecule has 0 radical (unpaired) electrons. The molecule has 3 aromatic rings. The zero-order valence-electron chi connectivity index (χ0n) is 29.7. The van der Waals surface area contributed by atoms with E-state index in [1.54, 1.807) is 12.1 Å². The zero-order valence-corrected chi connectivity index (χ0v) is 29.7. The van der Waals surface area contributed by atoms with Gasteiger partial charge in [0.15, 0.2) is 36.1 Å². The standard InChI is InChI=1S/C35H38N2O15/c1-17(38)48-16-27-32(49-18(2)39)33(50-19(3)40)34(51-20(4)41)35(52-27)47-13-9-10-22-24(43-5)12-11-23-28(22)36-37-29(23)30(42)21-14-25(44-6)31(46-8)26(15-21)45-7/h11-12,14-15,27,32-35H,13,16H2,1-8H3,(H,36,37)/t27?,32-,33?,34+,35-/m1/s1. The molecule has 0 aliphatic carbocycles. The number of nitrogens with zero attached hydrogens (tertiary/aromatic N) is 1.